The third kappa shape index (κ3) is 2.32. The van der Waals surface area contributed by atoms with Gasteiger partial charge >= 0.3 is 10.1 Å². The summed E-state index contributed by atoms with van der Waals surface area (Å²) in [6.07, 6.45) is 7.04. The summed E-state index contributed by atoms with van der Waals surface area (Å²) in [5, 5.41) is 4.54. The van der Waals surface area contributed by atoms with Crippen LogP contribution in [0.2, 0.25) is 0 Å². The Morgan fingerprint density at radius 3 is 3.00 bits per heavy atom. The fourth-order valence-corrected chi connectivity index (χ4v) is 5.64. The molecular formula is C18H23NO3S. The van der Waals surface area contributed by atoms with Gasteiger partial charge in [-0.3, -0.25) is 0 Å². The van der Waals surface area contributed by atoms with Gasteiger partial charge in [-0.1, -0.05) is 31.6 Å². The van der Waals surface area contributed by atoms with Crippen LogP contribution in [0.25, 0.3) is 0 Å². The molecule has 1 heterocycles. The maximum Gasteiger partial charge on any atom is 0.331 e. The Morgan fingerprint density at radius 1 is 1.30 bits per heavy atom. The van der Waals surface area contributed by atoms with E-state index in [0.717, 1.165) is 30.4 Å². The SMILES string of the molecule is C=CS(=O)(=O)Oc1cccc2c1C[C@H]1NCC[C@@]23CCCC[C@@H]13. The van der Waals surface area contributed by atoms with E-state index in [1.807, 2.05) is 6.07 Å². The quantitative estimate of drug-likeness (QED) is 0.864. The van der Waals surface area contributed by atoms with Crippen molar-refractivity contribution in [3.63, 3.8) is 0 Å². The average Bonchev–Trinajstić information content (AvgIpc) is 2.55. The first kappa shape index (κ1) is 15.2. The van der Waals surface area contributed by atoms with Gasteiger partial charge in [0.1, 0.15) is 5.75 Å². The van der Waals surface area contributed by atoms with Gasteiger partial charge in [0.2, 0.25) is 0 Å². The van der Waals surface area contributed by atoms with Crippen LogP contribution in [-0.2, 0) is 22.0 Å². The van der Waals surface area contributed by atoms with Gasteiger partial charge in [0.05, 0.1) is 5.41 Å². The molecule has 3 atom stereocenters. The summed E-state index contributed by atoms with van der Waals surface area (Å²) in [4.78, 5) is 0. The predicted molar refractivity (Wildman–Crippen MR) is 89.9 cm³/mol. The normalized spacial score (nSPS) is 32.5. The molecule has 0 radical (unpaired) electrons. The van der Waals surface area contributed by atoms with E-state index in [2.05, 4.69) is 18.0 Å². The Kier molecular flexibility index (Phi) is 3.54. The van der Waals surface area contributed by atoms with Gasteiger partial charge in [-0.25, -0.2) is 0 Å². The van der Waals surface area contributed by atoms with Gasteiger partial charge in [0.15, 0.2) is 0 Å². The number of benzene rings is 1. The molecule has 2 aliphatic carbocycles. The lowest BCUT2D eigenvalue weighted by Gasteiger charge is -2.56. The molecule has 3 aliphatic rings. The summed E-state index contributed by atoms with van der Waals surface area (Å²) >= 11 is 0. The molecule has 1 aromatic rings. The van der Waals surface area contributed by atoms with Gasteiger partial charge < -0.3 is 9.50 Å². The van der Waals surface area contributed by atoms with E-state index in [1.54, 1.807) is 6.07 Å². The van der Waals surface area contributed by atoms with Gasteiger partial charge in [-0.2, -0.15) is 8.42 Å². The largest absolute Gasteiger partial charge is 0.379 e. The maximum atomic E-state index is 11.8. The van der Waals surface area contributed by atoms with Crippen LogP contribution in [0.1, 0.15) is 43.2 Å². The molecule has 0 amide bonds. The number of nitrogens with one attached hydrogen (secondary N) is 1. The van der Waals surface area contributed by atoms with Crippen molar-refractivity contribution in [1.29, 1.82) is 0 Å². The van der Waals surface area contributed by atoms with Crippen molar-refractivity contribution in [2.75, 3.05) is 6.54 Å². The van der Waals surface area contributed by atoms with Crippen LogP contribution >= 0.6 is 0 Å². The highest BCUT2D eigenvalue weighted by Crippen LogP contribution is 2.55. The van der Waals surface area contributed by atoms with E-state index in [-0.39, 0.29) is 5.41 Å². The minimum atomic E-state index is -3.72. The van der Waals surface area contributed by atoms with Crippen molar-refractivity contribution < 1.29 is 12.6 Å². The summed E-state index contributed by atoms with van der Waals surface area (Å²) in [5.41, 5.74) is 2.61. The first-order valence-corrected chi connectivity index (χ1v) is 9.95. The first-order valence-electron chi connectivity index (χ1n) is 8.48. The van der Waals surface area contributed by atoms with Crippen LogP contribution in [-0.4, -0.2) is 21.0 Å². The second-order valence-corrected chi connectivity index (χ2v) is 8.53. The third-order valence-electron chi connectivity index (χ3n) is 6.06. The molecule has 0 unspecified atom stereocenters. The van der Waals surface area contributed by atoms with Crippen LogP contribution in [0.3, 0.4) is 0 Å². The highest BCUT2D eigenvalue weighted by Gasteiger charge is 2.52. The van der Waals surface area contributed by atoms with Crippen LogP contribution in [0.15, 0.2) is 30.2 Å². The zero-order valence-corrected chi connectivity index (χ0v) is 14.1. The molecule has 0 spiro atoms. The van der Waals surface area contributed by atoms with Crippen molar-refractivity contribution >= 4 is 10.1 Å². The van der Waals surface area contributed by atoms with Crippen LogP contribution in [0, 0.1) is 5.92 Å². The van der Waals surface area contributed by atoms with Crippen molar-refractivity contribution in [2.24, 2.45) is 5.92 Å². The van der Waals surface area contributed by atoms with Crippen LogP contribution in [0.5, 0.6) is 5.75 Å². The summed E-state index contributed by atoms with van der Waals surface area (Å²) in [6.45, 7) is 4.39. The number of hydrogen-bond donors (Lipinski definition) is 1. The summed E-state index contributed by atoms with van der Waals surface area (Å²) in [6, 6.07) is 6.35. The Bertz CT molecular complexity index is 739. The molecule has 124 valence electrons. The van der Waals surface area contributed by atoms with E-state index in [0.29, 0.717) is 17.7 Å². The number of rotatable bonds is 3. The molecule has 23 heavy (non-hydrogen) atoms. The van der Waals surface area contributed by atoms with Crippen LogP contribution in [0.4, 0.5) is 0 Å². The van der Waals surface area contributed by atoms with Crippen molar-refractivity contribution in [2.45, 2.75) is 50.0 Å². The Balaban J connectivity index is 1.84. The van der Waals surface area contributed by atoms with E-state index >= 15 is 0 Å². The monoisotopic (exact) mass is 333 g/mol. The predicted octanol–water partition coefficient (Wildman–Crippen LogP) is 2.88. The minimum Gasteiger partial charge on any atom is -0.379 e. The molecule has 4 nitrogen and oxygen atoms in total. The molecule has 2 fully saturated rings. The molecule has 4 rings (SSSR count). The number of piperidine rings is 1. The fraction of sp³-hybridized carbons (Fsp3) is 0.556. The van der Waals surface area contributed by atoms with Crippen molar-refractivity contribution in [1.82, 2.24) is 5.32 Å². The second-order valence-electron chi connectivity index (χ2n) is 7.05. The lowest BCUT2D eigenvalue weighted by atomic mass is 9.53. The molecule has 1 N–H and O–H groups in total. The van der Waals surface area contributed by atoms with Gasteiger partial charge in [0.25, 0.3) is 0 Å². The maximum absolute atomic E-state index is 11.8. The molecule has 5 heteroatoms. The van der Waals surface area contributed by atoms with Crippen molar-refractivity contribution in [3.05, 3.63) is 41.3 Å². The zero-order valence-electron chi connectivity index (χ0n) is 13.3. The lowest BCUT2D eigenvalue weighted by molar-refractivity contribution is 0.0792. The summed E-state index contributed by atoms with van der Waals surface area (Å²) < 4.78 is 29.0. The van der Waals surface area contributed by atoms with E-state index in [4.69, 9.17) is 4.18 Å². The highest BCUT2D eigenvalue weighted by atomic mass is 32.2. The Labute approximate surface area is 138 Å². The molecule has 2 bridgehead atoms. The third-order valence-corrected chi connectivity index (χ3v) is 6.88. The molecule has 1 aliphatic heterocycles. The van der Waals surface area contributed by atoms with Gasteiger partial charge in [-0.15, -0.1) is 0 Å². The molecular weight excluding hydrogens is 310 g/mol. The average molecular weight is 333 g/mol. The van der Waals surface area contributed by atoms with Gasteiger partial charge in [0, 0.05) is 17.0 Å². The number of fused-ring (bicyclic) bond motifs is 1. The highest BCUT2D eigenvalue weighted by molar-refractivity contribution is 7.90. The smallest absolute Gasteiger partial charge is 0.331 e. The topological polar surface area (TPSA) is 55.4 Å². The standard InChI is InChI=1S/C18H23NO3S/c1-2-23(20,21)22-17-8-5-7-14-13(17)12-16-15-6-3-4-9-18(14,15)10-11-19-16/h2,5,7-8,15-16,19H,1,3-4,6,9-12H2/t15-,16+,18-/m0/s1. The van der Waals surface area contributed by atoms with Crippen molar-refractivity contribution in [3.8, 4) is 5.75 Å². The minimum absolute atomic E-state index is 0.207. The molecule has 1 aromatic carbocycles. The summed E-state index contributed by atoms with van der Waals surface area (Å²) in [5.74, 6) is 1.16. The number of hydrogen-bond acceptors (Lipinski definition) is 4. The van der Waals surface area contributed by atoms with E-state index < -0.39 is 10.1 Å². The van der Waals surface area contributed by atoms with Crippen LogP contribution < -0.4 is 9.50 Å². The second kappa shape index (κ2) is 5.35. The Hall–Kier alpha value is -1.33. The lowest BCUT2D eigenvalue weighted by Crippen LogP contribution is -2.59. The molecule has 1 saturated carbocycles. The fourth-order valence-electron chi connectivity index (χ4n) is 5.17. The summed E-state index contributed by atoms with van der Waals surface area (Å²) in [7, 11) is -3.72. The molecule has 1 saturated heterocycles. The van der Waals surface area contributed by atoms with E-state index in [9.17, 15) is 8.42 Å². The van der Waals surface area contributed by atoms with Gasteiger partial charge in [-0.05, 0) is 49.8 Å². The first-order chi connectivity index (χ1) is 11.1. The Morgan fingerprint density at radius 2 is 2.17 bits per heavy atom. The molecule has 0 aromatic heterocycles. The van der Waals surface area contributed by atoms with E-state index in [1.165, 1.54) is 31.2 Å². The zero-order chi connectivity index (χ0) is 16.1.